The average molecular weight is 345 g/mol. The molecule has 0 atom stereocenters. The Morgan fingerprint density at radius 1 is 1.42 bits per heavy atom. The Balaban J connectivity index is 2.24. The van der Waals surface area contributed by atoms with E-state index in [0.717, 1.165) is 21.3 Å². The van der Waals surface area contributed by atoms with Gasteiger partial charge in [0.1, 0.15) is 17.5 Å². The van der Waals surface area contributed by atoms with E-state index in [1.165, 1.54) is 0 Å². The maximum atomic E-state index is 6.17. The van der Waals surface area contributed by atoms with Gasteiger partial charge in [-0.2, -0.15) is 5.10 Å². The van der Waals surface area contributed by atoms with Crippen molar-refractivity contribution in [2.24, 2.45) is 7.05 Å². The molecule has 2 rings (SSSR count). The zero-order chi connectivity index (χ0) is 14.2. The molecule has 0 radical (unpaired) electrons. The van der Waals surface area contributed by atoms with Crippen molar-refractivity contribution < 1.29 is 4.74 Å². The summed E-state index contributed by atoms with van der Waals surface area (Å²) in [5.74, 6) is 0.683. The minimum Gasteiger partial charge on any atom is -0.486 e. The van der Waals surface area contributed by atoms with Crippen molar-refractivity contribution in [3.05, 3.63) is 38.6 Å². The SMILES string of the molecule is Cc1cc(Br)cc(N)c1OCc1c(C)nn(C)c1Cl. The molecule has 0 saturated carbocycles. The molecular weight excluding hydrogens is 330 g/mol. The van der Waals surface area contributed by atoms with E-state index in [1.54, 1.807) is 11.7 Å². The third-order valence-corrected chi connectivity index (χ3v) is 3.83. The molecule has 0 aliphatic rings. The summed E-state index contributed by atoms with van der Waals surface area (Å²) in [4.78, 5) is 0. The molecule has 4 nitrogen and oxygen atoms in total. The van der Waals surface area contributed by atoms with Crippen LogP contribution >= 0.6 is 27.5 Å². The highest BCUT2D eigenvalue weighted by Gasteiger charge is 2.13. The van der Waals surface area contributed by atoms with Crippen LogP contribution < -0.4 is 10.5 Å². The van der Waals surface area contributed by atoms with E-state index in [4.69, 9.17) is 22.1 Å². The number of nitrogens with zero attached hydrogens (tertiary/aromatic N) is 2. The molecule has 0 spiro atoms. The molecule has 102 valence electrons. The van der Waals surface area contributed by atoms with Crippen molar-refractivity contribution in [3.8, 4) is 5.75 Å². The van der Waals surface area contributed by atoms with Gasteiger partial charge in [-0.15, -0.1) is 0 Å². The first kappa shape index (κ1) is 14.2. The van der Waals surface area contributed by atoms with E-state index in [1.807, 2.05) is 26.0 Å². The summed E-state index contributed by atoms with van der Waals surface area (Å²) in [6.45, 7) is 4.21. The second-order valence-corrected chi connectivity index (χ2v) is 5.68. The Morgan fingerprint density at radius 3 is 2.63 bits per heavy atom. The first-order valence-corrected chi connectivity index (χ1v) is 6.93. The number of aromatic nitrogens is 2. The molecule has 2 N–H and O–H groups in total. The lowest BCUT2D eigenvalue weighted by atomic mass is 10.2. The van der Waals surface area contributed by atoms with Crippen molar-refractivity contribution in [1.82, 2.24) is 9.78 Å². The maximum absolute atomic E-state index is 6.17. The molecule has 6 heteroatoms. The van der Waals surface area contributed by atoms with E-state index in [-0.39, 0.29) is 0 Å². The van der Waals surface area contributed by atoms with Crippen LogP contribution in [0.2, 0.25) is 5.15 Å². The number of aryl methyl sites for hydroxylation is 3. The molecule has 0 aliphatic heterocycles. The van der Waals surface area contributed by atoms with Crippen LogP contribution in [0.1, 0.15) is 16.8 Å². The molecule has 1 aromatic heterocycles. The van der Waals surface area contributed by atoms with Crippen molar-refractivity contribution in [1.29, 1.82) is 0 Å². The Morgan fingerprint density at radius 2 is 2.11 bits per heavy atom. The zero-order valence-electron chi connectivity index (χ0n) is 11.0. The molecule has 0 saturated heterocycles. The van der Waals surface area contributed by atoms with Crippen LogP contribution in [0.25, 0.3) is 0 Å². The van der Waals surface area contributed by atoms with E-state index in [0.29, 0.717) is 23.2 Å². The summed E-state index contributed by atoms with van der Waals surface area (Å²) >= 11 is 9.57. The Labute approximate surface area is 125 Å². The van der Waals surface area contributed by atoms with Crippen LogP contribution in [0.5, 0.6) is 5.75 Å². The summed E-state index contributed by atoms with van der Waals surface area (Å²) in [6.07, 6.45) is 0. The molecule has 19 heavy (non-hydrogen) atoms. The molecule has 1 aromatic carbocycles. The van der Waals surface area contributed by atoms with Gasteiger partial charge in [-0.3, -0.25) is 4.68 Å². The van der Waals surface area contributed by atoms with Gasteiger partial charge < -0.3 is 10.5 Å². The summed E-state index contributed by atoms with van der Waals surface area (Å²) in [7, 11) is 1.80. The van der Waals surface area contributed by atoms with Gasteiger partial charge in [0.25, 0.3) is 0 Å². The van der Waals surface area contributed by atoms with Crippen LogP contribution in [-0.4, -0.2) is 9.78 Å². The molecule has 2 aromatic rings. The average Bonchev–Trinajstić information content (AvgIpc) is 2.53. The number of anilines is 1. The molecule has 0 fully saturated rings. The first-order chi connectivity index (χ1) is 8.90. The van der Waals surface area contributed by atoms with Gasteiger partial charge in [-0.05, 0) is 31.5 Å². The topological polar surface area (TPSA) is 53.1 Å². The van der Waals surface area contributed by atoms with E-state index in [2.05, 4.69) is 21.0 Å². The lowest BCUT2D eigenvalue weighted by Crippen LogP contribution is -2.02. The first-order valence-electron chi connectivity index (χ1n) is 5.76. The normalized spacial score (nSPS) is 10.8. The van der Waals surface area contributed by atoms with Crippen LogP contribution in [0.15, 0.2) is 16.6 Å². The number of ether oxygens (including phenoxy) is 1. The van der Waals surface area contributed by atoms with Crippen LogP contribution in [0.3, 0.4) is 0 Å². The molecule has 0 amide bonds. The highest BCUT2D eigenvalue weighted by Crippen LogP contribution is 2.31. The maximum Gasteiger partial charge on any atom is 0.145 e. The number of halogens is 2. The number of nitrogens with two attached hydrogens (primary N) is 1. The highest BCUT2D eigenvalue weighted by molar-refractivity contribution is 9.10. The minimum atomic E-state index is 0.352. The number of hydrogen-bond donors (Lipinski definition) is 1. The predicted molar refractivity (Wildman–Crippen MR) is 80.6 cm³/mol. The fourth-order valence-electron chi connectivity index (χ4n) is 1.94. The fourth-order valence-corrected chi connectivity index (χ4v) is 2.75. The Bertz CT molecular complexity index is 602. The second-order valence-electron chi connectivity index (χ2n) is 4.41. The number of nitrogen functional groups attached to an aromatic ring is 1. The lowest BCUT2D eigenvalue weighted by Gasteiger charge is -2.12. The van der Waals surface area contributed by atoms with Crippen LogP contribution in [0.4, 0.5) is 5.69 Å². The van der Waals surface area contributed by atoms with Crippen molar-refractivity contribution in [2.75, 3.05) is 5.73 Å². The third-order valence-electron chi connectivity index (χ3n) is 2.90. The number of benzene rings is 1. The molecule has 1 heterocycles. The Kier molecular flexibility index (Phi) is 4.06. The summed E-state index contributed by atoms with van der Waals surface area (Å²) in [5, 5.41) is 4.84. The summed E-state index contributed by atoms with van der Waals surface area (Å²) in [5.41, 5.74) is 9.28. The van der Waals surface area contributed by atoms with Crippen LogP contribution in [-0.2, 0) is 13.7 Å². The molecule has 0 unspecified atom stereocenters. The van der Waals surface area contributed by atoms with E-state index >= 15 is 0 Å². The largest absolute Gasteiger partial charge is 0.486 e. The van der Waals surface area contributed by atoms with Crippen molar-refractivity contribution in [3.63, 3.8) is 0 Å². The smallest absolute Gasteiger partial charge is 0.145 e. The van der Waals surface area contributed by atoms with Gasteiger partial charge in [0.05, 0.1) is 11.4 Å². The summed E-state index contributed by atoms with van der Waals surface area (Å²) < 4.78 is 8.37. The highest BCUT2D eigenvalue weighted by atomic mass is 79.9. The van der Waals surface area contributed by atoms with Gasteiger partial charge >= 0.3 is 0 Å². The van der Waals surface area contributed by atoms with Crippen molar-refractivity contribution in [2.45, 2.75) is 20.5 Å². The third kappa shape index (κ3) is 2.87. The van der Waals surface area contributed by atoms with Gasteiger partial charge in [-0.25, -0.2) is 0 Å². The van der Waals surface area contributed by atoms with Crippen LogP contribution in [0, 0.1) is 13.8 Å². The molecule has 0 aliphatic carbocycles. The fraction of sp³-hybridized carbons (Fsp3) is 0.308. The standard InChI is InChI=1S/C13H15BrClN3O/c1-7-4-9(14)5-11(16)12(7)19-6-10-8(2)17-18(3)13(10)15/h4-5H,6,16H2,1-3H3. The summed E-state index contributed by atoms with van der Waals surface area (Å²) in [6, 6.07) is 3.78. The van der Waals surface area contributed by atoms with Gasteiger partial charge in [-0.1, -0.05) is 27.5 Å². The van der Waals surface area contributed by atoms with Crippen molar-refractivity contribution >= 4 is 33.2 Å². The lowest BCUT2D eigenvalue weighted by molar-refractivity contribution is 0.305. The minimum absolute atomic E-state index is 0.352. The molecule has 0 bridgehead atoms. The van der Waals surface area contributed by atoms with E-state index < -0.39 is 0 Å². The number of rotatable bonds is 3. The van der Waals surface area contributed by atoms with E-state index in [9.17, 15) is 0 Å². The Hall–Kier alpha value is -1.20. The van der Waals surface area contributed by atoms with Gasteiger partial charge in [0.2, 0.25) is 0 Å². The number of hydrogen-bond acceptors (Lipinski definition) is 3. The monoisotopic (exact) mass is 343 g/mol. The second kappa shape index (κ2) is 5.43. The zero-order valence-corrected chi connectivity index (χ0v) is 13.3. The molecular formula is C13H15BrClN3O. The predicted octanol–water partition coefficient (Wildman–Crippen LogP) is 3.61. The van der Waals surface area contributed by atoms with Gasteiger partial charge in [0.15, 0.2) is 0 Å². The quantitative estimate of drug-likeness (QED) is 0.865. The van der Waals surface area contributed by atoms with Gasteiger partial charge in [0, 0.05) is 17.1 Å².